The lowest BCUT2D eigenvalue weighted by molar-refractivity contribution is -0.132. The summed E-state index contributed by atoms with van der Waals surface area (Å²) in [6.07, 6.45) is 1.15. The topological polar surface area (TPSA) is 120 Å². The molecule has 3 aliphatic rings. The lowest BCUT2D eigenvalue weighted by atomic mass is 9.87. The highest BCUT2D eigenvalue weighted by Gasteiger charge is 2.33. The Morgan fingerprint density at radius 1 is 1.07 bits per heavy atom. The van der Waals surface area contributed by atoms with Crippen LogP contribution in [0, 0.1) is 0 Å². The van der Waals surface area contributed by atoms with Crippen molar-refractivity contribution in [2.24, 2.45) is 0 Å². The molecule has 6 rings (SSSR count). The van der Waals surface area contributed by atoms with Crippen LogP contribution in [-0.4, -0.2) is 73.1 Å². The molecule has 3 aromatic carbocycles. The molecule has 208 valence electrons. The van der Waals surface area contributed by atoms with Crippen molar-refractivity contribution in [2.45, 2.75) is 18.9 Å². The molecule has 10 nitrogen and oxygen atoms in total. The van der Waals surface area contributed by atoms with Crippen molar-refractivity contribution < 1.29 is 29.0 Å². The smallest absolute Gasteiger partial charge is 0.317 e. The SMILES string of the molecule is CN(C)C(=O)NCC(=O)N1CCc2cc3ccc2C1c1cccc(c1)OCCCNC(=O)c1cc(ccc1O)O3. The van der Waals surface area contributed by atoms with Crippen LogP contribution in [0.1, 0.15) is 39.5 Å². The van der Waals surface area contributed by atoms with Gasteiger partial charge in [-0.05, 0) is 72.0 Å². The highest BCUT2D eigenvalue weighted by molar-refractivity contribution is 5.97. The maximum atomic E-state index is 13.4. The van der Waals surface area contributed by atoms with E-state index in [1.807, 2.05) is 42.5 Å². The predicted molar refractivity (Wildman–Crippen MR) is 148 cm³/mol. The standard InChI is InChI=1S/C30H32N4O6/c1-33(2)30(38)32-18-27(36)34-13-11-19-15-22-7-9-24(19)28(34)20-5-3-6-21(16-20)39-14-4-12-31-29(37)25-17-23(40-22)8-10-26(25)35/h3,5-10,15-17,28,35H,4,11-14,18H2,1-2H3,(H,31,37)(H,32,38). The average Bonchev–Trinajstić information content (AvgIpc) is 2.95. The van der Waals surface area contributed by atoms with Gasteiger partial charge in [-0.25, -0.2) is 4.79 Å². The minimum Gasteiger partial charge on any atom is -0.507 e. The molecule has 40 heavy (non-hydrogen) atoms. The fraction of sp³-hybridized carbons (Fsp3) is 0.300. The first-order valence-electron chi connectivity index (χ1n) is 13.2. The van der Waals surface area contributed by atoms with Gasteiger partial charge in [0.15, 0.2) is 0 Å². The second-order valence-corrected chi connectivity index (χ2v) is 9.96. The molecule has 8 bridgehead atoms. The quantitative estimate of drug-likeness (QED) is 0.455. The molecular formula is C30H32N4O6. The van der Waals surface area contributed by atoms with Crippen LogP contribution in [0.3, 0.4) is 0 Å². The third-order valence-electron chi connectivity index (χ3n) is 6.96. The molecule has 1 atom stereocenters. The molecule has 3 heterocycles. The summed E-state index contributed by atoms with van der Waals surface area (Å²) in [5, 5.41) is 15.7. The van der Waals surface area contributed by atoms with E-state index >= 15 is 0 Å². The Balaban J connectivity index is 1.52. The molecule has 3 aromatic rings. The number of urea groups is 1. The molecule has 3 N–H and O–H groups in total. The van der Waals surface area contributed by atoms with E-state index in [1.54, 1.807) is 25.1 Å². The number of nitrogens with one attached hydrogen (secondary N) is 2. The Hall–Kier alpha value is -4.73. The summed E-state index contributed by atoms with van der Waals surface area (Å²) in [4.78, 5) is 41.3. The molecule has 3 aliphatic heterocycles. The van der Waals surface area contributed by atoms with Gasteiger partial charge >= 0.3 is 6.03 Å². The Bertz CT molecular complexity index is 1440. The summed E-state index contributed by atoms with van der Waals surface area (Å²) in [7, 11) is 3.25. The molecule has 0 fully saturated rings. The summed E-state index contributed by atoms with van der Waals surface area (Å²) in [6, 6.07) is 17.2. The van der Waals surface area contributed by atoms with Gasteiger partial charge in [-0.3, -0.25) is 9.59 Å². The zero-order chi connectivity index (χ0) is 28.2. The van der Waals surface area contributed by atoms with Gasteiger partial charge in [0.05, 0.1) is 24.8 Å². The van der Waals surface area contributed by atoms with Crippen LogP contribution in [0.15, 0.2) is 60.7 Å². The monoisotopic (exact) mass is 544 g/mol. The van der Waals surface area contributed by atoms with Gasteiger partial charge in [-0.2, -0.15) is 0 Å². The zero-order valence-corrected chi connectivity index (χ0v) is 22.5. The second kappa shape index (κ2) is 11.6. The van der Waals surface area contributed by atoms with Gasteiger partial charge in [0.25, 0.3) is 5.91 Å². The number of amides is 4. The number of rotatable bonds is 2. The van der Waals surface area contributed by atoms with Crippen molar-refractivity contribution in [1.29, 1.82) is 0 Å². The van der Waals surface area contributed by atoms with Crippen LogP contribution < -0.4 is 20.1 Å². The fourth-order valence-corrected chi connectivity index (χ4v) is 4.94. The van der Waals surface area contributed by atoms with Crippen molar-refractivity contribution in [3.05, 3.63) is 82.9 Å². The number of phenols is 1. The number of hydrogen-bond acceptors (Lipinski definition) is 6. The molecule has 0 spiro atoms. The van der Waals surface area contributed by atoms with E-state index in [-0.39, 0.29) is 35.8 Å². The highest BCUT2D eigenvalue weighted by atomic mass is 16.5. The third-order valence-corrected chi connectivity index (χ3v) is 6.96. The van der Waals surface area contributed by atoms with E-state index in [0.717, 1.165) is 16.7 Å². The van der Waals surface area contributed by atoms with Crippen LogP contribution in [0.25, 0.3) is 0 Å². The Kier molecular flexibility index (Phi) is 7.77. The number of nitrogens with zero attached hydrogens (tertiary/aromatic N) is 2. The van der Waals surface area contributed by atoms with Gasteiger partial charge in [-0.15, -0.1) is 0 Å². The summed E-state index contributed by atoms with van der Waals surface area (Å²) >= 11 is 0. The Morgan fingerprint density at radius 2 is 1.88 bits per heavy atom. The molecule has 0 aromatic heterocycles. The highest BCUT2D eigenvalue weighted by Crippen LogP contribution is 2.39. The number of carbonyl (C=O) groups is 3. The van der Waals surface area contributed by atoms with Gasteiger partial charge in [0, 0.05) is 27.2 Å². The van der Waals surface area contributed by atoms with Gasteiger partial charge in [-0.1, -0.05) is 18.2 Å². The summed E-state index contributed by atoms with van der Waals surface area (Å²) < 4.78 is 12.1. The van der Waals surface area contributed by atoms with Crippen LogP contribution in [0.5, 0.6) is 23.0 Å². The van der Waals surface area contributed by atoms with Crippen molar-refractivity contribution in [2.75, 3.05) is 40.3 Å². The Morgan fingerprint density at radius 3 is 2.70 bits per heavy atom. The van der Waals surface area contributed by atoms with E-state index in [4.69, 9.17) is 9.47 Å². The zero-order valence-electron chi connectivity index (χ0n) is 22.5. The molecule has 0 saturated carbocycles. The fourth-order valence-electron chi connectivity index (χ4n) is 4.94. The van der Waals surface area contributed by atoms with Crippen molar-refractivity contribution in [3.63, 3.8) is 0 Å². The lowest BCUT2D eigenvalue weighted by Gasteiger charge is -2.38. The normalized spacial score (nSPS) is 16.5. The van der Waals surface area contributed by atoms with Crippen LogP contribution >= 0.6 is 0 Å². The first kappa shape index (κ1) is 26.9. The number of hydrogen-bond donors (Lipinski definition) is 3. The van der Waals surface area contributed by atoms with E-state index in [9.17, 15) is 19.5 Å². The molecule has 1 unspecified atom stereocenters. The third kappa shape index (κ3) is 5.80. The predicted octanol–water partition coefficient (Wildman–Crippen LogP) is 3.44. The largest absolute Gasteiger partial charge is 0.507 e. The number of ether oxygens (including phenoxy) is 2. The van der Waals surface area contributed by atoms with Crippen LogP contribution in [0.2, 0.25) is 0 Å². The average molecular weight is 545 g/mol. The molecule has 4 amide bonds. The number of benzene rings is 3. The number of aromatic hydroxyl groups is 1. The van der Waals surface area contributed by atoms with Gasteiger partial charge in [0.1, 0.15) is 23.0 Å². The maximum absolute atomic E-state index is 13.4. The second-order valence-electron chi connectivity index (χ2n) is 9.96. The molecule has 10 heteroatoms. The molecule has 0 saturated heterocycles. The lowest BCUT2D eigenvalue weighted by Crippen LogP contribution is -2.47. The van der Waals surface area contributed by atoms with Crippen LogP contribution in [0.4, 0.5) is 4.79 Å². The van der Waals surface area contributed by atoms with Crippen molar-refractivity contribution >= 4 is 17.8 Å². The molecule has 0 radical (unpaired) electrons. The summed E-state index contributed by atoms with van der Waals surface area (Å²) in [6.45, 7) is 1.06. The van der Waals surface area contributed by atoms with Crippen molar-refractivity contribution in [3.8, 4) is 23.0 Å². The molecule has 0 aliphatic carbocycles. The van der Waals surface area contributed by atoms with E-state index in [2.05, 4.69) is 10.6 Å². The summed E-state index contributed by atoms with van der Waals surface area (Å²) in [5.74, 6) is 0.923. The molecular weight excluding hydrogens is 512 g/mol. The van der Waals surface area contributed by atoms with E-state index in [1.165, 1.54) is 17.0 Å². The van der Waals surface area contributed by atoms with Gasteiger partial charge in [0.2, 0.25) is 5.91 Å². The minimum absolute atomic E-state index is 0.116. The van der Waals surface area contributed by atoms with E-state index in [0.29, 0.717) is 49.8 Å². The number of phenolic OH excluding ortho intramolecular Hbond substituents is 1. The Labute approximate surface area is 232 Å². The van der Waals surface area contributed by atoms with E-state index < -0.39 is 5.91 Å². The first-order valence-corrected chi connectivity index (χ1v) is 13.2. The maximum Gasteiger partial charge on any atom is 0.317 e. The summed E-state index contributed by atoms with van der Waals surface area (Å²) in [5.41, 5.74) is 2.99. The number of carbonyl (C=O) groups excluding carboxylic acids is 3. The van der Waals surface area contributed by atoms with Crippen molar-refractivity contribution in [1.82, 2.24) is 20.4 Å². The van der Waals surface area contributed by atoms with Crippen LogP contribution in [-0.2, 0) is 11.2 Å². The van der Waals surface area contributed by atoms with Gasteiger partial charge < -0.3 is 35.0 Å². The number of fused-ring (bicyclic) bond motifs is 6. The first-order chi connectivity index (χ1) is 19.3. The minimum atomic E-state index is -0.397.